The monoisotopic (exact) mass is 224 g/mol. The SMILES string of the molecule is CCCNC(CC)CSc1ccccn1. The fraction of sp³-hybridized carbons (Fsp3) is 0.583. The van der Waals surface area contributed by atoms with Crippen LogP contribution in [0.25, 0.3) is 0 Å². The zero-order valence-corrected chi connectivity index (χ0v) is 10.4. The zero-order valence-electron chi connectivity index (χ0n) is 9.57. The van der Waals surface area contributed by atoms with E-state index in [9.17, 15) is 0 Å². The van der Waals surface area contributed by atoms with Gasteiger partial charge in [-0.15, -0.1) is 11.8 Å². The molecule has 84 valence electrons. The van der Waals surface area contributed by atoms with E-state index in [0.717, 1.165) is 17.3 Å². The molecule has 0 radical (unpaired) electrons. The van der Waals surface area contributed by atoms with Gasteiger partial charge in [0, 0.05) is 18.0 Å². The molecule has 0 bridgehead atoms. The van der Waals surface area contributed by atoms with Crippen molar-refractivity contribution in [1.82, 2.24) is 10.3 Å². The molecule has 0 saturated carbocycles. The van der Waals surface area contributed by atoms with Gasteiger partial charge >= 0.3 is 0 Å². The van der Waals surface area contributed by atoms with Crippen molar-refractivity contribution < 1.29 is 0 Å². The van der Waals surface area contributed by atoms with Crippen molar-refractivity contribution >= 4 is 11.8 Å². The molecule has 2 nitrogen and oxygen atoms in total. The number of pyridine rings is 1. The lowest BCUT2D eigenvalue weighted by Crippen LogP contribution is -2.31. The molecule has 0 aliphatic rings. The molecular formula is C12H20N2S. The van der Waals surface area contributed by atoms with E-state index in [1.165, 1.54) is 12.8 Å². The summed E-state index contributed by atoms with van der Waals surface area (Å²) >= 11 is 1.83. The smallest absolute Gasteiger partial charge is 0.0960 e. The van der Waals surface area contributed by atoms with Crippen molar-refractivity contribution in [2.24, 2.45) is 0 Å². The van der Waals surface area contributed by atoms with Crippen LogP contribution in [-0.4, -0.2) is 23.3 Å². The van der Waals surface area contributed by atoms with Crippen LogP contribution in [0.5, 0.6) is 0 Å². The Hall–Kier alpha value is -0.540. The maximum atomic E-state index is 4.30. The summed E-state index contributed by atoms with van der Waals surface area (Å²) < 4.78 is 0. The van der Waals surface area contributed by atoms with Gasteiger partial charge in [-0.1, -0.05) is 19.9 Å². The average Bonchev–Trinajstić information content (AvgIpc) is 2.31. The van der Waals surface area contributed by atoms with Crippen molar-refractivity contribution in [3.8, 4) is 0 Å². The molecule has 3 heteroatoms. The van der Waals surface area contributed by atoms with Gasteiger partial charge in [0.1, 0.15) is 0 Å². The summed E-state index contributed by atoms with van der Waals surface area (Å²) in [4.78, 5) is 4.30. The topological polar surface area (TPSA) is 24.9 Å². The van der Waals surface area contributed by atoms with E-state index in [1.807, 2.05) is 30.1 Å². The van der Waals surface area contributed by atoms with Gasteiger partial charge in [0.2, 0.25) is 0 Å². The number of nitrogens with zero attached hydrogens (tertiary/aromatic N) is 1. The van der Waals surface area contributed by atoms with Crippen LogP contribution in [0, 0.1) is 0 Å². The highest BCUT2D eigenvalue weighted by atomic mass is 32.2. The molecule has 1 aromatic rings. The van der Waals surface area contributed by atoms with Gasteiger partial charge < -0.3 is 5.32 Å². The molecule has 0 amide bonds. The van der Waals surface area contributed by atoms with E-state index < -0.39 is 0 Å². The first-order valence-corrected chi connectivity index (χ1v) is 6.62. The van der Waals surface area contributed by atoms with Crippen LogP contribution < -0.4 is 5.32 Å². The van der Waals surface area contributed by atoms with Crippen LogP contribution >= 0.6 is 11.8 Å². The third kappa shape index (κ3) is 5.19. The summed E-state index contributed by atoms with van der Waals surface area (Å²) in [5.41, 5.74) is 0. The summed E-state index contributed by atoms with van der Waals surface area (Å²) in [6.45, 7) is 5.54. The molecule has 0 saturated heterocycles. The lowest BCUT2D eigenvalue weighted by molar-refractivity contribution is 0.539. The highest BCUT2D eigenvalue weighted by Gasteiger charge is 2.05. The Bertz CT molecular complexity index is 251. The van der Waals surface area contributed by atoms with Crippen molar-refractivity contribution in [2.45, 2.75) is 37.8 Å². The van der Waals surface area contributed by atoms with E-state index in [0.29, 0.717) is 6.04 Å². The zero-order chi connectivity index (χ0) is 10.9. The number of aromatic nitrogens is 1. The van der Waals surface area contributed by atoms with Gasteiger partial charge in [-0.2, -0.15) is 0 Å². The third-order valence-corrected chi connectivity index (χ3v) is 3.35. The molecular weight excluding hydrogens is 204 g/mol. The lowest BCUT2D eigenvalue weighted by atomic mass is 10.2. The van der Waals surface area contributed by atoms with Crippen molar-refractivity contribution in [3.05, 3.63) is 24.4 Å². The highest BCUT2D eigenvalue weighted by Crippen LogP contribution is 2.15. The largest absolute Gasteiger partial charge is 0.313 e. The molecule has 1 N–H and O–H groups in total. The second-order valence-electron chi connectivity index (χ2n) is 3.54. The van der Waals surface area contributed by atoms with Crippen LogP contribution in [0.15, 0.2) is 29.4 Å². The first-order chi connectivity index (χ1) is 7.36. The summed E-state index contributed by atoms with van der Waals surface area (Å²) in [5, 5.41) is 4.66. The molecule has 1 unspecified atom stereocenters. The van der Waals surface area contributed by atoms with Crippen molar-refractivity contribution in [2.75, 3.05) is 12.3 Å². The van der Waals surface area contributed by atoms with E-state index in [-0.39, 0.29) is 0 Å². The van der Waals surface area contributed by atoms with Crippen LogP contribution in [0.3, 0.4) is 0 Å². The van der Waals surface area contributed by atoms with E-state index in [1.54, 1.807) is 0 Å². The van der Waals surface area contributed by atoms with Crippen LogP contribution in [0.2, 0.25) is 0 Å². The molecule has 0 aromatic carbocycles. The summed E-state index contributed by atoms with van der Waals surface area (Å²) in [5.74, 6) is 1.10. The molecule has 1 rings (SSSR count). The minimum Gasteiger partial charge on any atom is -0.313 e. The standard InChI is InChI=1S/C12H20N2S/c1-3-8-13-11(4-2)10-15-12-7-5-6-9-14-12/h5-7,9,11,13H,3-4,8,10H2,1-2H3. The van der Waals surface area contributed by atoms with Gasteiger partial charge in [-0.05, 0) is 31.5 Å². The van der Waals surface area contributed by atoms with Crippen molar-refractivity contribution in [1.29, 1.82) is 0 Å². The molecule has 15 heavy (non-hydrogen) atoms. The molecule has 0 fully saturated rings. The highest BCUT2D eigenvalue weighted by molar-refractivity contribution is 7.99. The van der Waals surface area contributed by atoms with E-state index in [4.69, 9.17) is 0 Å². The first kappa shape index (κ1) is 12.5. The van der Waals surface area contributed by atoms with Crippen molar-refractivity contribution in [3.63, 3.8) is 0 Å². The predicted molar refractivity (Wildman–Crippen MR) is 67.3 cm³/mol. The maximum Gasteiger partial charge on any atom is 0.0960 e. The number of thioether (sulfide) groups is 1. The third-order valence-electron chi connectivity index (χ3n) is 2.25. The quantitative estimate of drug-likeness (QED) is 0.721. The van der Waals surface area contributed by atoms with Crippen LogP contribution in [0.4, 0.5) is 0 Å². The predicted octanol–water partition coefficient (Wildman–Crippen LogP) is 2.95. The fourth-order valence-electron chi connectivity index (χ4n) is 1.29. The molecule has 1 atom stereocenters. The maximum absolute atomic E-state index is 4.30. The Morgan fingerprint density at radius 1 is 1.40 bits per heavy atom. The van der Waals surface area contributed by atoms with E-state index >= 15 is 0 Å². The number of rotatable bonds is 7. The van der Waals surface area contributed by atoms with Crippen LogP contribution in [0.1, 0.15) is 26.7 Å². The molecule has 0 aliphatic heterocycles. The molecule has 1 aromatic heterocycles. The minimum atomic E-state index is 0.608. The fourth-order valence-corrected chi connectivity index (χ4v) is 2.32. The Morgan fingerprint density at radius 3 is 2.87 bits per heavy atom. The summed E-state index contributed by atoms with van der Waals surface area (Å²) in [6, 6.07) is 6.67. The average molecular weight is 224 g/mol. The summed E-state index contributed by atoms with van der Waals surface area (Å²) in [7, 11) is 0. The summed E-state index contributed by atoms with van der Waals surface area (Å²) in [6.07, 6.45) is 4.23. The van der Waals surface area contributed by atoms with Gasteiger partial charge in [-0.3, -0.25) is 0 Å². The van der Waals surface area contributed by atoms with Gasteiger partial charge in [-0.25, -0.2) is 4.98 Å². The second kappa shape index (κ2) is 7.71. The number of nitrogens with one attached hydrogen (secondary N) is 1. The molecule has 1 heterocycles. The van der Waals surface area contributed by atoms with Gasteiger partial charge in [0.05, 0.1) is 5.03 Å². The second-order valence-corrected chi connectivity index (χ2v) is 4.58. The Labute approximate surface area is 96.9 Å². The van der Waals surface area contributed by atoms with E-state index in [2.05, 4.69) is 30.2 Å². The number of hydrogen-bond acceptors (Lipinski definition) is 3. The Morgan fingerprint density at radius 2 is 2.27 bits per heavy atom. The first-order valence-electron chi connectivity index (χ1n) is 5.64. The van der Waals surface area contributed by atoms with Crippen LogP contribution in [-0.2, 0) is 0 Å². The lowest BCUT2D eigenvalue weighted by Gasteiger charge is -2.15. The molecule has 0 aliphatic carbocycles. The minimum absolute atomic E-state index is 0.608. The van der Waals surface area contributed by atoms with Gasteiger partial charge in [0.15, 0.2) is 0 Å². The normalized spacial score (nSPS) is 12.7. The Kier molecular flexibility index (Phi) is 6.44. The molecule has 0 spiro atoms. The Balaban J connectivity index is 2.28. The van der Waals surface area contributed by atoms with Gasteiger partial charge in [0.25, 0.3) is 0 Å². The number of hydrogen-bond donors (Lipinski definition) is 1.